The van der Waals surface area contributed by atoms with Crippen molar-refractivity contribution in [2.45, 2.75) is 56.8 Å². The molecule has 0 heterocycles. The van der Waals surface area contributed by atoms with E-state index in [9.17, 15) is 0 Å². The number of alkyl halides is 1. The van der Waals surface area contributed by atoms with Gasteiger partial charge in [0.2, 0.25) is 0 Å². The normalized spacial score (nSPS) is 34.3. The van der Waals surface area contributed by atoms with Gasteiger partial charge in [-0.2, -0.15) is 0 Å². The fourth-order valence-corrected chi connectivity index (χ4v) is 2.90. The lowest BCUT2D eigenvalue weighted by Gasteiger charge is -2.41. The molecule has 0 aromatic heterocycles. The van der Waals surface area contributed by atoms with E-state index in [1.165, 1.54) is 0 Å². The van der Waals surface area contributed by atoms with Crippen molar-refractivity contribution in [3.63, 3.8) is 0 Å². The molecule has 0 aromatic carbocycles. The van der Waals surface area contributed by atoms with Crippen molar-refractivity contribution in [1.82, 2.24) is 0 Å². The van der Waals surface area contributed by atoms with Crippen LogP contribution in [-0.2, 0) is 9.47 Å². The summed E-state index contributed by atoms with van der Waals surface area (Å²) in [4.78, 5) is 0.476. The molecular formula is C11H21BrO2. The maximum Gasteiger partial charge on any atom is 0.0958 e. The Hall–Kier alpha value is 0.400. The molecule has 0 radical (unpaired) electrons. The van der Waals surface area contributed by atoms with E-state index in [2.05, 4.69) is 36.7 Å². The average Bonchev–Trinajstić information content (AvgIpc) is 2.02. The lowest BCUT2D eigenvalue weighted by Crippen LogP contribution is -2.51. The van der Waals surface area contributed by atoms with Crippen LogP contribution in [0.1, 0.15) is 33.6 Å². The fraction of sp³-hybridized carbons (Fsp3) is 1.00. The zero-order valence-corrected chi connectivity index (χ0v) is 11.1. The van der Waals surface area contributed by atoms with Gasteiger partial charge >= 0.3 is 0 Å². The van der Waals surface area contributed by atoms with Crippen LogP contribution in [0.2, 0.25) is 0 Å². The second-order valence-corrected chi connectivity index (χ2v) is 5.74. The third kappa shape index (κ3) is 3.21. The summed E-state index contributed by atoms with van der Waals surface area (Å²) < 4.78 is 11.3. The van der Waals surface area contributed by atoms with Gasteiger partial charge in [-0.25, -0.2) is 0 Å². The van der Waals surface area contributed by atoms with E-state index >= 15 is 0 Å². The summed E-state index contributed by atoms with van der Waals surface area (Å²) in [5, 5.41) is 0. The van der Waals surface area contributed by atoms with E-state index in [1.54, 1.807) is 7.11 Å². The molecule has 1 saturated carbocycles. The number of ether oxygens (including phenoxy) is 2. The molecule has 0 spiro atoms. The van der Waals surface area contributed by atoms with Gasteiger partial charge in [-0.15, -0.1) is 0 Å². The van der Waals surface area contributed by atoms with Crippen molar-refractivity contribution in [2.24, 2.45) is 5.92 Å². The fourth-order valence-electron chi connectivity index (χ4n) is 1.98. The molecule has 84 valence electrons. The van der Waals surface area contributed by atoms with Crippen LogP contribution >= 0.6 is 15.9 Å². The Morgan fingerprint density at radius 3 is 2.43 bits per heavy atom. The number of hydrogen-bond donors (Lipinski definition) is 0. The molecule has 4 unspecified atom stereocenters. The van der Waals surface area contributed by atoms with Gasteiger partial charge in [0.1, 0.15) is 0 Å². The average molecular weight is 265 g/mol. The highest BCUT2D eigenvalue weighted by molar-refractivity contribution is 9.09. The number of hydrogen-bond acceptors (Lipinski definition) is 2. The molecule has 1 aliphatic rings. The van der Waals surface area contributed by atoms with Crippen molar-refractivity contribution in [1.29, 1.82) is 0 Å². The van der Waals surface area contributed by atoms with Gasteiger partial charge in [0.25, 0.3) is 0 Å². The van der Waals surface area contributed by atoms with Gasteiger partial charge in [0.15, 0.2) is 0 Å². The lowest BCUT2D eigenvalue weighted by molar-refractivity contribution is -0.133. The first-order valence-electron chi connectivity index (χ1n) is 5.37. The van der Waals surface area contributed by atoms with E-state index < -0.39 is 0 Å². The summed E-state index contributed by atoms with van der Waals surface area (Å²) in [5.41, 5.74) is 0. The van der Waals surface area contributed by atoms with Crippen LogP contribution in [0.4, 0.5) is 0 Å². The predicted molar refractivity (Wildman–Crippen MR) is 61.9 cm³/mol. The Morgan fingerprint density at radius 2 is 2.00 bits per heavy atom. The van der Waals surface area contributed by atoms with Gasteiger partial charge in [-0.3, -0.25) is 0 Å². The largest absolute Gasteiger partial charge is 0.378 e. The first-order valence-corrected chi connectivity index (χ1v) is 6.28. The molecule has 0 bridgehead atoms. The number of halogens is 1. The number of rotatable bonds is 5. The molecule has 0 aliphatic heterocycles. The summed E-state index contributed by atoms with van der Waals surface area (Å²) in [6, 6.07) is 0. The SMILES string of the molecule is COC1C(Br)CC1OC(C)CC(C)C. The van der Waals surface area contributed by atoms with E-state index in [0.29, 0.717) is 16.8 Å². The van der Waals surface area contributed by atoms with E-state index in [4.69, 9.17) is 9.47 Å². The highest BCUT2D eigenvalue weighted by atomic mass is 79.9. The van der Waals surface area contributed by atoms with Gasteiger partial charge in [0, 0.05) is 11.9 Å². The molecule has 0 N–H and O–H groups in total. The second kappa shape index (κ2) is 5.47. The minimum atomic E-state index is 0.240. The first-order chi connectivity index (χ1) is 6.54. The van der Waals surface area contributed by atoms with Crippen LogP contribution in [0.3, 0.4) is 0 Å². The lowest BCUT2D eigenvalue weighted by atomic mass is 9.91. The monoisotopic (exact) mass is 264 g/mol. The van der Waals surface area contributed by atoms with Gasteiger partial charge in [-0.05, 0) is 25.7 Å². The van der Waals surface area contributed by atoms with Gasteiger partial charge < -0.3 is 9.47 Å². The van der Waals surface area contributed by atoms with Crippen molar-refractivity contribution in [3.8, 4) is 0 Å². The van der Waals surface area contributed by atoms with Crippen LogP contribution in [0.15, 0.2) is 0 Å². The number of methoxy groups -OCH3 is 1. The van der Waals surface area contributed by atoms with Crippen molar-refractivity contribution in [2.75, 3.05) is 7.11 Å². The van der Waals surface area contributed by atoms with Crippen molar-refractivity contribution < 1.29 is 9.47 Å². The van der Waals surface area contributed by atoms with Crippen molar-refractivity contribution >= 4 is 15.9 Å². The maximum atomic E-state index is 5.92. The molecule has 3 heteroatoms. The Morgan fingerprint density at radius 1 is 1.36 bits per heavy atom. The molecule has 1 aliphatic carbocycles. The molecule has 0 saturated heterocycles. The van der Waals surface area contributed by atoms with E-state index in [-0.39, 0.29) is 12.2 Å². The Bertz CT molecular complexity index is 173. The highest BCUT2D eigenvalue weighted by Crippen LogP contribution is 2.34. The zero-order chi connectivity index (χ0) is 10.7. The van der Waals surface area contributed by atoms with Crippen LogP contribution in [0.25, 0.3) is 0 Å². The predicted octanol–water partition coefficient (Wildman–Crippen LogP) is 2.99. The minimum absolute atomic E-state index is 0.240. The molecular weight excluding hydrogens is 244 g/mol. The Kier molecular flexibility index (Phi) is 4.88. The quantitative estimate of drug-likeness (QED) is 0.711. The topological polar surface area (TPSA) is 18.5 Å². The van der Waals surface area contributed by atoms with Crippen LogP contribution < -0.4 is 0 Å². The Labute approximate surface area is 95.5 Å². The summed E-state index contributed by atoms with van der Waals surface area (Å²) >= 11 is 3.56. The summed E-state index contributed by atoms with van der Waals surface area (Å²) in [7, 11) is 1.75. The summed E-state index contributed by atoms with van der Waals surface area (Å²) in [6.07, 6.45) is 3.07. The molecule has 1 fully saturated rings. The van der Waals surface area contributed by atoms with Gasteiger partial charge in [-0.1, -0.05) is 29.8 Å². The summed E-state index contributed by atoms with van der Waals surface area (Å²) in [6.45, 7) is 6.59. The zero-order valence-electron chi connectivity index (χ0n) is 9.50. The summed E-state index contributed by atoms with van der Waals surface area (Å²) in [5.74, 6) is 0.700. The Balaban J connectivity index is 2.24. The smallest absolute Gasteiger partial charge is 0.0958 e. The first kappa shape index (κ1) is 12.5. The maximum absolute atomic E-state index is 5.92. The second-order valence-electron chi connectivity index (χ2n) is 4.57. The minimum Gasteiger partial charge on any atom is -0.378 e. The molecule has 2 nitrogen and oxygen atoms in total. The van der Waals surface area contributed by atoms with Crippen LogP contribution in [0, 0.1) is 5.92 Å². The molecule has 1 rings (SSSR count). The third-order valence-corrected chi connectivity index (χ3v) is 3.56. The van der Waals surface area contributed by atoms with Gasteiger partial charge in [0.05, 0.1) is 18.3 Å². The highest BCUT2D eigenvalue weighted by Gasteiger charge is 2.41. The van der Waals surface area contributed by atoms with E-state index in [1.807, 2.05) is 0 Å². The standard InChI is InChI=1S/C11H21BrO2/c1-7(2)5-8(3)14-10-6-9(12)11(10)13-4/h7-11H,5-6H2,1-4H3. The van der Waals surface area contributed by atoms with Crippen molar-refractivity contribution in [3.05, 3.63) is 0 Å². The molecule has 0 amide bonds. The molecule has 14 heavy (non-hydrogen) atoms. The van der Waals surface area contributed by atoms with E-state index in [0.717, 1.165) is 12.8 Å². The third-order valence-electron chi connectivity index (χ3n) is 2.66. The molecule has 4 atom stereocenters. The van der Waals surface area contributed by atoms with Crippen LogP contribution in [0.5, 0.6) is 0 Å². The molecule has 0 aromatic rings. The van der Waals surface area contributed by atoms with Crippen LogP contribution in [-0.4, -0.2) is 30.2 Å².